The summed E-state index contributed by atoms with van der Waals surface area (Å²) >= 11 is 0. The molecule has 3 unspecified atom stereocenters. The van der Waals surface area contributed by atoms with Crippen LogP contribution >= 0.6 is 0 Å². The highest BCUT2D eigenvalue weighted by Gasteiger charge is 2.56. The highest BCUT2D eigenvalue weighted by atomic mass is 16.6. The van der Waals surface area contributed by atoms with Gasteiger partial charge >= 0.3 is 12.2 Å². The first kappa shape index (κ1) is 49.7. The van der Waals surface area contributed by atoms with Gasteiger partial charge < -0.3 is 49.6 Å². The second-order valence-electron chi connectivity index (χ2n) is 19.8. The Bertz CT molecular complexity index is 3350. The highest BCUT2D eigenvalue weighted by Crippen LogP contribution is 2.50. The zero-order valence-corrected chi connectivity index (χ0v) is 42.4. The summed E-state index contributed by atoms with van der Waals surface area (Å²) in [5, 5.41) is 31.4. The van der Waals surface area contributed by atoms with E-state index in [2.05, 4.69) is 47.7 Å². The maximum absolute atomic E-state index is 15.3. The predicted molar refractivity (Wildman–Crippen MR) is 287 cm³/mol. The van der Waals surface area contributed by atoms with Crippen molar-refractivity contribution in [3.05, 3.63) is 178 Å². The molecule has 7 aromatic rings. The fourth-order valence-electron chi connectivity index (χ4n) is 10.9. The number of amides is 4. The van der Waals surface area contributed by atoms with Gasteiger partial charge in [0.25, 0.3) is 11.8 Å². The number of carbonyl (C=O) groups excluding carboxylic acids is 3. The van der Waals surface area contributed by atoms with Gasteiger partial charge in [0, 0.05) is 85.3 Å². The number of hydrogen-bond acceptors (Lipinski definition) is 13. The fourth-order valence-corrected chi connectivity index (χ4v) is 10.9. The Morgan fingerprint density at radius 1 is 0.803 bits per heavy atom. The summed E-state index contributed by atoms with van der Waals surface area (Å²) in [5.74, 6) is -0.269. The van der Waals surface area contributed by atoms with Crippen molar-refractivity contribution in [2.75, 3.05) is 94.0 Å². The number of aliphatic hydroxyl groups is 1. The van der Waals surface area contributed by atoms with E-state index in [1.807, 2.05) is 73.6 Å². The van der Waals surface area contributed by atoms with Gasteiger partial charge in [0.1, 0.15) is 12.4 Å². The number of nitrogens with one attached hydrogen (secondary N) is 4. The third-order valence-corrected chi connectivity index (χ3v) is 14.7. The van der Waals surface area contributed by atoms with E-state index >= 15 is 9.59 Å². The van der Waals surface area contributed by atoms with Crippen LogP contribution in [-0.4, -0.2) is 144 Å². The molecule has 3 atom stereocenters. The summed E-state index contributed by atoms with van der Waals surface area (Å²) in [7, 11) is 6.02. The molecule has 4 aliphatic heterocycles. The largest absolute Gasteiger partial charge is 0.492 e. The zero-order valence-electron chi connectivity index (χ0n) is 42.4. The lowest BCUT2D eigenvalue weighted by atomic mass is 9.92. The Morgan fingerprint density at radius 3 is 2.29 bits per heavy atom. The molecule has 0 radical (unpaired) electrons. The van der Waals surface area contributed by atoms with E-state index in [0.717, 1.165) is 50.4 Å². The Kier molecular flexibility index (Phi) is 13.3. The maximum Gasteiger partial charge on any atom is 0.412 e. The Hall–Kier alpha value is -8.49. The number of aromatic nitrogens is 2. The predicted octanol–water partition coefficient (Wildman–Crippen LogP) is 6.88. The fraction of sp³-hybridized carbons (Fsp3) is 0.281. The molecule has 76 heavy (non-hydrogen) atoms. The van der Waals surface area contributed by atoms with E-state index < -0.39 is 35.8 Å². The standard InChI is InChI=1S/C57H59N11O8/c1-63(2)31-32-75-41-16-11-15-40(35-41)68-51(70)43-18-8-10-20-45(43)57(68,39-21-23-46-47(34-39)59-52(58-46)61-54(71)72)76-55(73)62-53-60-48-33-38(22-24-49(48)66(53)26-12-25-65-29-27-64(3)28-30-65)56(74)44-19-9-7-17-42(44)50(69)67(56)36-37-13-5-4-6-14-37/h4-11,13-24,33-35,53,60,74H,12,25-32,36H2,1-3H3,(H,62,73)(H,71,72)(H2,58,59,61). The van der Waals surface area contributed by atoms with Gasteiger partial charge in [-0.25, -0.2) is 14.6 Å². The minimum Gasteiger partial charge on any atom is -0.492 e. The second-order valence-corrected chi connectivity index (χ2v) is 19.8. The normalized spacial score (nSPS) is 20.2. The minimum atomic E-state index is -1.97. The van der Waals surface area contributed by atoms with Crippen LogP contribution in [0.2, 0.25) is 0 Å². The monoisotopic (exact) mass is 1030 g/mol. The number of carbonyl (C=O) groups is 4. The quantitative estimate of drug-likeness (QED) is 0.0583. The van der Waals surface area contributed by atoms with Crippen LogP contribution in [0.1, 0.15) is 55.0 Å². The number of likely N-dealkylation sites (N-methyl/N-ethyl adjacent to an activating group) is 2. The van der Waals surface area contributed by atoms with Gasteiger partial charge in [-0.05, 0) is 88.2 Å². The molecule has 19 heteroatoms. The molecule has 0 bridgehead atoms. The van der Waals surface area contributed by atoms with Crippen LogP contribution in [-0.2, 0) is 22.7 Å². The number of rotatable bonds is 16. The van der Waals surface area contributed by atoms with Crippen LogP contribution in [0.3, 0.4) is 0 Å². The number of H-pyrrole nitrogens is 1. The number of hydrogen-bond donors (Lipinski definition) is 6. The number of aromatic amines is 1. The highest BCUT2D eigenvalue weighted by molar-refractivity contribution is 6.13. The van der Waals surface area contributed by atoms with E-state index in [1.54, 1.807) is 84.9 Å². The summed E-state index contributed by atoms with van der Waals surface area (Å²) in [6.07, 6.45) is -2.36. The van der Waals surface area contributed by atoms with Gasteiger partial charge in [0.05, 0.1) is 28.1 Å². The number of nitrogens with zero attached hydrogens (tertiary/aromatic N) is 7. The van der Waals surface area contributed by atoms with Crippen LogP contribution < -0.4 is 30.5 Å². The number of fused-ring (bicyclic) bond motifs is 4. The van der Waals surface area contributed by atoms with Crippen molar-refractivity contribution in [2.45, 2.75) is 30.7 Å². The molecule has 390 valence electrons. The third-order valence-electron chi connectivity index (χ3n) is 14.7. The smallest absolute Gasteiger partial charge is 0.412 e. The summed E-state index contributed by atoms with van der Waals surface area (Å²) in [6, 6.07) is 41.3. The maximum atomic E-state index is 15.3. The summed E-state index contributed by atoms with van der Waals surface area (Å²) in [6.45, 7) is 6.29. The van der Waals surface area contributed by atoms with Crippen LogP contribution in [0.4, 0.5) is 32.6 Å². The molecule has 0 spiro atoms. The zero-order chi connectivity index (χ0) is 52.7. The topological polar surface area (TPSA) is 211 Å². The van der Waals surface area contributed by atoms with E-state index in [-0.39, 0.29) is 18.4 Å². The number of imidazole rings is 1. The molecule has 1 fully saturated rings. The molecule has 0 saturated carbocycles. The molecule has 1 aromatic heterocycles. The van der Waals surface area contributed by atoms with E-state index in [9.17, 15) is 19.8 Å². The van der Waals surface area contributed by atoms with Crippen molar-refractivity contribution in [3.8, 4) is 5.75 Å². The third kappa shape index (κ3) is 9.16. The number of anilines is 4. The SMILES string of the molecule is CN(C)CCOc1cccc(N2C(=O)c3ccccc3C2(OC(=O)NC2Nc3cc(C4(O)c5ccccc5C(=O)N4Cc4ccccc4)ccc3N2CCCN2CCN(C)CC2)c2ccc3[nH]c(NC(=O)O)nc3c2)c1. The van der Waals surface area contributed by atoms with Crippen LogP contribution in [0, 0.1) is 0 Å². The van der Waals surface area contributed by atoms with Crippen molar-refractivity contribution in [1.29, 1.82) is 0 Å². The first-order valence-corrected chi connectivity index (χ1v) is 25.4. The number of piperazine rings is 1. The lowest BCUT2D eigenvalue weighted by Gasteiger charge is -2.39. The van der Waals surface area contributed by atoms with Crippen molar-refractivity contribution in [2.24, 2.45) is 0 Å². The van der Waals surface area contributed by atoms with E-state index in [4.69, 9.17) is 9.47 Å². The van der Waals surface area contributed by atoms with E-state index in [1.165, 1.54) is 9.80 Å². The molecule has 5 heterocycles. The van der Waals surface area contributed by atoms with Gasteiger partial charge in [0.2, 0.25) is 11.7 Å². The molecular formula is C57H59N11O8. The number of ether oxygens (including phenoxy) is 2. The summed E-state index contributed by atoms with van der Waals surface area (Å²) in [5.41, 5.74) is 1.94. The molecule has 6 N–H and O–H groups in total. The van der Waals surface area contributed by atoms with Crippen LogP contribution in [0.15, 0.2) is 140 Å². The van der Waals surface area contributed by atoms with E-state index in [0.29, 0.717) is 81.2 Å². The van der Waals surface area contributed by atoms with Crippen LogP contribution in [0.25, 0.3) is 11.0 Å². The van der Waals surface area contributed by atoms with Crippen LogP contribution in [0.5, 0.6) is 5.75 Å². The molecular weight excluding hydrogens is 967 g/mol. The van der Waals surface area contributed by atoms with Gasteiger partial charge in [-0.1, -0.05) is 84.9 Å². The molecule has 1 saturated heterocycles. The Labute approximate surface area is 439 Å². The molecule has 11 rings (SSSR count). The van der Waals surface area contributed by atoms with Gasteiger partial charge in [-0.3, -0.25) is 30.0 Å². The molecule has 19 nitrogen and oxygen atoms in total. The molecule has 4 amide bonds. The average Bonchev–Trinajstić information content (AvgIpc) is 4.12. The van der Waals surface area contributed by atoms with Gasteiger partial charge in [0.15, 0.2) is 12.0 Å². The van der Waals surface area contributed by atoms with Crippen molar-refractivity contribution >= 4 is 58.0 Å². The summed E-state index contributed by atoms with van der Waals surface area (Å²) < 4.78 is 13.0. The molecule has 4 aliphatic rings. The van der Waals surface area contributed by atoms with Crippen molar-refractivity contribution < 1.29 is 38.9 Å². The molecule has 6 aromatic carbocycles. The second kappa shape index (κ2) is 20.3. The number of alkyl carbamates (subject to hydrolysis) is 1. The lowest BCUT2D eigenvalue weighted by Crippen LogP contribution is -2.55. The number of benzene rings is 6. The van der Waals surface area contributed by atoms with Crippen molar-refractivity contribution in [1.82, 2.24) is 34.9 Å². The summed E-state index contributed by atoms with van der Waals surface area (Å²) in [4.78, 5) is 75.4. The number of carboxylic acid groups (broad SMARTS) is 1. The Morgan fingerprint density at radius 2 is 1.53 bits per heavy atom. The minimum absolute atomic E-state index is 0.0165. The first-order chi connectivity index (χ1) is 36.8. The average molecular weight is 1030 g/mol. The van der Waals surface area contributed by atoms with Gasteiger partial charge in [-0.15, -0.1) is 0 Å². The van der Waals surface area contributed by atoms with Gasteiger partial charge in [-0.2, -0.15) is 0 Å². The Balaban J connectivity index is 0.972. The van der Waals surface area contributed by atoms with Crippen molar-refractivity contribution in [3.63, 3.8) is 0 Å². The first-order valence-electron chi connectivity index (χ1n) is 25.4. The molecule has 0 aliphatic carbocycles. The lowest BCUT2D eigenvalue weighted by molar-refractivity contribution is -0.0542.